The quantitative estimate of drug-likeness (QED) is 0.750. The topological polar surface area (TPSA) is 61.8 Å². The molecule has 1 heterocycles. The number of hydrogen-bond acceptors (Lipinski definition) is 4. The van der Waals surface area contributed by atoms with Crippen LogP contribution in [0, 0.1) is 0 Å². The molecular weight excluding hydrogens is 306 g/mol. The largest absolute Gasteiger partial charge is 0.434 e. The van der Waals surface area contributed by atoms with Crippen LogP contribution in [-0.2, 0) is 0 Å². The minimum absolute atomic E-state index is 0.105. The number of amides is 1. The molecule has 0 saturated carbocycles. The zero-order chi connectivity index (χ0) is 16.7. The Bertz CT molecular complexity index is 506. The number of benzene rings is 1. The molecule has 0 atom stereocenters. The molecule has 0 radical (unpaired) electrons. The summed E-state index contributed by atoms with van der Waals surface area (Å²) in [6, 6.07) is 5.95. The molecule has 1 aromatic carbocycles. The van der Waals surface area contributed by atoms with E-state index >= 15 is 0 Å². The Morgan fingerprint density at radius 3 is 2.74 bits per heavy atom. The lowest BCUT2D eigenvalue weighted by molar-refractivity contribution is -0.0501. The van der Waals surface area contributed by atoms with Gasteiger partial charge < -0.3 is 20.1 Å². The first kappa shape index (κ1) is 17.6. The maximum absolute atomic E-state index is 12.3. The molecule has 1 fully saturated rings. The lowest BCUT2D eigenvalue weighted by atomic mass is 10.1. The number of likely N-dealkylation sites (tertiary alicyclic amines) is 1. The van der Waals surface area contributed by atoms with E-state index in [0.29, 0.717) is 6.54 Å². The zero-order valence-corrected chi connectivity index (χ0v) is 12.9. The summed E-state index contributed by atoms with van der Waals surface area (Å²) in [7, 11) is 0. The second-order valence-corrected chi connectivity index (χ2v) is 5.56. The number of carbonyl (C=O) groups excluding carboxylic acids is 1. The van der Waals surface area contributed by atoms with Crippen LogP contribution in [0.4, 0.5) is 8.78 Å². The molecule has 7 heteroatoms. The number of halogens is 2. The van der Waals surface area contributed by atoms with E-state index in [2.05, 4.69) is 15.0 Å². The average molecular weight is 328 g/mol. The fraction of sp³-hybridized carbons (Fsp3) is 0.562. The number of carbonyl (C=O) groups is 1. The van der Waals surface area contributed by atoms with Gasteiger partial charge in [0, 0.05) is 19.6 Å². The van der Waals surface area contributed by atoms with Crippen molar-refractivity contribution in [3.63, 3.8) is 0 Å². The Morgan fingerprint density at radius 2 is 2.04 bits per heavy atom. The van der Waals surface area contributed by atoms with Gasteiger partial charge in [0.2, 0.25) is 0 Å². The summed E-state index contributed by atoms with van der Waals surface area (Å²) in [5.41, 5.74) is 0.105. The van der Waals surface area contributed by atoms with Gasteiger partial charge in [0.25, 0.3) is 5.91 Å². The summed E-state index contributed by atoms with van der Waals surface area (Å²) in [4.78, 5) is 14.3. The Labute approximate surface area is 134 Å². The number of nitrogens with zero attached hydrogens (tertiary/aromatic N) is 1. The lowest BCUT2D eigenvalue weighted by Crippen LogP contribution is -2.37. The van der Waals surface area contributed by atoms with E-state index in [9.17, 15) is 18.7 Å². The summed E-state index contributed by atoms with van der Waals surface area (Å²) in [6.07, 6.45) is 2.13. The number of para-hydroxylation sites is 1. The fourth-order valence-corrected chi connectivity index (χ4v) is 2.60. The lowest BCUT2D eigenvalue weighted by Gasteiger charge is -2.29. The van der Waals surface area contributed by atoms with Crippen LogP contribution < -0.4 is 10.1 Å². The molecule has 1 saturated heterocycles. The molecule has 5 nitrogen and oxygen atoms in total. The number of alkyl halides is 2. The number of rotatable bonds is 7. The third kappa shape index (κ3) is 5.76. The SMILES string of the molecule is O=C(NCCCN1CCC(O)CC1)c1ccccc1OC(F)F. The van der Waals surface area contributed by atoms with Gasteiger partial charge in [0.05, 0.1) is 11.7 Å². The molecule has 1 aliphatic rings. The van der Waals surface area contributed by atoms with E-state index in [-0.39, 0.29) is 17.4 Å². The van der Waals surface area contributed by atoms with Crippen molar-refractivity contribution >= 4 is 5.91 Å². The first-order chi connectivity index (χ1) is 11.1. The van der Waals surface area contributed by atoms with Crippen LogP contribution in [0.3, 0.4) is 0 Å². The van der Waals surface area contributed by atoms with Gasteiger partial charge in [-0.15, -0.1) is 0 Å². The summed E-state index contributed by atoms with van der Waals surface area (Å²) in [5, 5.41) is 12.2. The van der Waals surface area contributed by atoms with Gasteiger partial charge in [0.1, 0.15) is 5.75 Å². The van der Waals surface area contributed by atoms with Crippen LogP contribution in [-0.4, -0.2) is 54.8 Å². The smallest absolute Gasteiger partial charge is 0.387 e. The zero-order valence-electron chi connectivity index (χ0n) is 12.9. The van der Waals surface area contributed by atoms with Crippen LogP contribution in [0.1, 0.15) is 29.6 Å². The maximum Gasteiger partial charge on any atom is 0.387 e. The van der Waals surface area contributed by atoms with E-state index in [0.717, 1.165) is 38.9 Å². The standard InChI is InChI=1S/C16H22F2N2O3/c17-16(18)23-14-5-2-1-4-13(14)15(22)19-8-3-9-20-10-6-12(21)7-11-20/h1-2,4-5,12,16,21H,3,6-11H2,(H,19,22). The maximum atomic E-state index is 12.3. The molecule has 0 aliphatic carbocycles. The van der Waals surface area contributed by atoms with Crippen LogP contribution in [0.2, 0.25) is 0 Å². The highest BCUT2D eigenvalue weighted by atomic mass is 19.3. The van der Waals surface area contributed by atoms with Gasteiger partial charge in [-0.3, -0.25) is 4.79 Å². The van der Waals surface area contributed by atoms with Gasteiger partial charge >= 0.3 is 6.61 Å². The van der Waals surface area contributed by atoms with Crippen molar-refractivity contribution in [3.8, 4) is 5.75 Å². The molecule has 23 heavy (non-hydrogen) atoms. The normalized spacial score (nSPS) is 16.5. The van der Waals surface area contributed by atoms with Gasteiger partial charge in [-0.1, -0.05) is 12.1 Å². The molecule has 0 bridgehead atoms. The Balaban J connectivity index is 1.74. The van der Waals surface area contributed by atoms with E-state index in [1.54, 1.807) is 12.1 Å². The van der Waals surface area contributed by atoms with E-state index in [1.165, 1.54) is 12.1 Å². The first-order valence-corrected chi connectivity index (χ1v) is 7.78. The van der Waals surface area contributed by atoms with Crippen molar-refractivity contribution in [1.82, 2.24) is 10.2 Å². The Morgan fingerprint density at radius 1 is 1.35 bits per heavy atom. The third-order valence-corrected chi connectivity index (χ3v) is 3.84. The van der Waals surface area contributed by atoms with Crippen LogP contribution in [0.25, 0.3) is 0 Å². The molecule has 2 rings (SSSR count). The molecule has 0 unspecified atom stereocenters. The van der Waals surface area contributed by atoms with Gasteiger partial charge in [-0.2, -0.15) is 8.78 Å². The highest BCUT2D eigenvalue weighted by Gasteiger charge is 2.17. The minimum Gasteiger partial charge on any atom is -0.434 e. The molecule has 0 aromatic heterocycles. The fourth-order valence-electron chi connectivity index (χ4n) is 2.60. The minimum atomic E-state index is -2.96. The Kier molecular flexibility index (Phi) is 6.73. The third-order valence-electron chi connectivity index (χ3n) is 3.84. The van der Waals surface area contributed by atoms with Crippen molar-refractivity contribution in [2.75, 3.05) is 26.2 Å². The molecule has 128 valence electrons. The number of aliphatic hydroxyl groups is 1. The highest BCUT2D eigenvalue weighted by molar-refractivity contribution is 5.96. The number of nitrogens with one attached hydrogen (secondary N) is 1. The molecule has 1 amide bonds. The van der Waals surface area contributed by atoms with Crippen molar-refractivity contribution in [2.45, 2.75) is 32.0 Å². The molecular formula is C16H22F2N2O3. The number of piperidine rings is 1. The van der Waals surface area contributed by atoms with Crippen molar-refractivity contribution in [3.05, 3.63) is 29.8 Å². The van der Waals surface area contributed by atoms with Crippen LogP contribution >= 0.6 is 0 Å². The molecule has 1 aliphatic heterocycles. The molecule has 2 N–H and O–H groups in total. The predicted molar refractivity (Wildman–Crippen MR) is 81.7 cm³/mol. The second-order valence-electron chi connectivity index (χ2n) is 5.56. The predicted octanol–water partition coefficient (Wildman–Crippen LogP) is 1.86. The van der Waals surface area contributed by atoms with Crippen molar-refractivity contribution < 1.29 is 23.4 Å². The first-order valence-electron chi connectivity index (χ1n) is 7.78. The second kappa shape index (κ2) is 8.79. The van der Waals surface area contributed by atoms with Crippen LogP contribution in [0.5, 0.6) is 5.75 Å². The number of ether oxygens (including phenoxy) is 1. The number of hydrogen-bond donors (Lipinski definition) is 2. The average Bonchev–Trinajstić information content (AvgIpc) is 2.53. The molecule has 0 spiro atoms. The van der Waals surface area contributed by atoms with Crippen molar-refractivity contribution in [2.24, 2.45) is 0 Å². The van der Waals surface area contributed by atoms with Gasteiger partial charge in [0.15, 0.2) is 0 Å². The van der Waals surface area contributed by atoms with E-state index in [4.69, 9.17) is 0 Å². The summed E-state index contributed by atoms with van der Waals surface area (Å²) in [6.45, 7) is 0.0575. The van der Waals surface area contributed by atoms with Gasteiger partial charge in [-0.25, -0.2) is 0 Å². The summed E-state index contributed by atoms with van der Waals surface area (Å²) in [5.74, 6) is -0.541. The molecule has 1 aromatic rings. The summed E-state index contributed by atoms with van der Waals surface area (Å²) >= 11 is 0. The Hall–Kier alpha value is -1.73. The van der Waals surface area contributed by atoms with Gasteiger partial charge in [-0.05, 0) is 37.9 Å². The summed E-state index contributed by atoms with van der Waals surface area (Å²) < 4.78 is 29.0. The van der Waals surface area contributed by atoms with E-state index in [1.807, 2.05) is 0 Å². The number of aliphatic hydroxyl groups excluding tert-OH is 1. The monoisotopic (exact) mass is 328 g/mol. The van der Waals surface area contributed by atoms with Crippen LogP contribution in [0.15, 0.2) is 24.3 Å². The van der Waals surface area contributed by atoms with Crippen molar-refractivity contribution in [1.29, 1.82) is 0 Å². The van der Waals surface area contributed by atoms with E-state index < -0.39 is 12.5 Å². The highest BCUT2D eigenvalue weighted by Crippen LogP contribution is 2.20.